The van der Waals surface area contributed by atoms with Crippen molar-refractivity contribution in [2.75, 3.05) is 17.3 Å². The normalized spacial score (nSPS) is 15.7. The van der Waals surface area contributed by atoms with E-state index in [0.717, 1.165) is 17.1 Å². The molecule has 0 bridgehead atoms. The summed E-state index contributed by atoms with van der Waals surface area (Å²) in [6.07, 6.45) is 1.33. The number of amides is 1. The molecule has 0 saturated heterocycles. The van der Waals surface area contributed by atoms with Gasteiger partial charge in [0, 0.05) is 18.0 Å². The molecule has 1 N–H and O–H groups in total. The average Bonchev–Trinajstić information content (AvgIpc) is 2.96. The van der Waals surface area contributed by atoms with Crippen molar-refractivity contribution in [3.05, 3.63) is 83.7 Å². The number of fused-ring (bicyclic) bond motifs is 1. The lowest BCUT2D eigenvalue weighted by Crippen LogP contribution is -2.32. The van der Waals surface area contributed by atoms with Gasteiger partial charge in [-0.15, -0.1) is 0 Å². The van der Waals surface area contributed by atoms with Gasteiger partial charge in [-0.1, -0.05) is 23.8 Å². The van der Waals surface area contributed by atoms with E-state index in [2.05, 4.69) is 10.3 Å². The molecule has 1 aromatic heterocycles. The van der Waals surface area contributed by atoms with E-state index in [0.29, 0.717) is 11.3 Å². The highest BCUT2D eigenvalue weighted by atomic mass is 16.5. The van der Waals surface area contributed by atoms with E-state index in [-0.39, 0.29) is 12.1 Å². The number of methoxy groups -OCH3 is 1. The minimum absolute atomic E-state index is 0.0778. The number of nitrogens with zero attached hydrogens (tertiary/aromatic N) is 2. The maximum Gasteiger partial charge on any atom is 0.262 e. The second kappa shape index (κ2) is 6.52. The Labute approximate surface area is 152 Å². The van der Waals surface area contributed by atoms with Gasteiger partial charge in [0.2, 0.25) is 0 Å². The number of benzene rings is 2. The summed E-state index contributed by atoms with van der Waals surface area (Å²) in [5, 5.41) is 3.44. The molecule has 0 radical (unpaired) electrons. The molecule has 26 heavy (non-hydrogen) atoms. The summed E-state index contributed by atoms with van der Waals surface area (Å²) in [6, 6.07) is 19.2. The number of hydrogen-bond donors (Lipinski definition) is 1. The number of pyridine rings is 1. The monoisotopic (exact) mass is 345 g/mol. The molecular formula is C21H19N3O2. The SMILES string of the molecule is COc1cccc(N2C(=O)c3cccnc3[C@H]2Nc2ccc(C)cc2)c1. The van der Waals surface area contributed by atoms with Gasteiger partial charge >= 0.3 is 0 Å². The number of nitrogens with one attached hydrogen (secondary N) is 1. The quantitative estimate of drug-likeness (QED) is 0.771. The average molecular weight is 345 g/mol. The fourth-order valence-electron chi connectivity index (χ4n) is 3.15. The van der Waals surface area contributed by atoms with Gasteiger partial charge in [0.1, 0.15) is 5.75 Å². The summed E-state index contributed by atoms with van der Waals surface area (Å²) >= 11 is 0. The summed E-state index contributed by atoms with van der Waals surface area (Å²) in [5.41, 5.74) is 4.21. The van der Waals surface area contributed by atoms with Gasteiger partial charge in [-0.25, -0.2) is 0 Å². The summed E-state index contributed by atoms with van der Waals surface area (Å²) in [5.74, 6) is 0.624. The molecule has 0 unspecified atom stereocenters. The molecule has 1 atom stereocenters. The molecule has 1 aliphatic heterocycles. The fraction of sp³-hybridized carbons (Fsp3) is 0.143. The predicted octanol–water partition coefficient (Wildman–Crippen LogP) is 4.17. The van der Waals surface area contributed by atoms with Crippen LogP contribution in [0.15, 0.2) is 66.9 Å². The first-order valence-corrected chi connectivity index (χ1v) is 8.43. The van der Waals surface area contributed by atoms with E-state index in [1.165, 1.54) is 5.56 Å². The van der Waals surface area contributed by atoms with Crippen LogP contribution in [-0.4, -0.2) is 18.0 Å². The van der Waals surface area contributed by atoms with Crippen molar-refractivity contribution in [1.82, 2.24) is 4.98 Å². The number of anilines is 2. The molecule has 1 aliphatic rings. The van der Waals surface area contributed by atoms with E-state index in [1.54, 1.807) is 24.3 Å². The molecule has 2 aromatic carbocycles. The van der Waals surface area contributed by atoms with Crippen LogP contribution in [0.25, 0.3) is 0 Å². The van der Waals surface area contributed by atoms with Gasteiger partial charge in [0.05, 0.1) is 24.1 Å². The van der Waals surface area contributed by atoms with Crippen LogP contribution in [0.5, 0.6) is 5.75 Å². The number of aromatic nitrogens is 1. The van der Waals surface area contributed by atoms with Gasteiger partial charge in [0.15, 0.2) is 6.17 Å². The first-order chi connectivity index (χ1) is 12.7. The molecular weight excluding hydrogens is 326 g/mol. The van der Waals surface area contributed by atoms with E-state index in [1.807, 2.05) is 61.5 Å². The summed E-state index contributed by atoms with van der Waals surface area (Å²) in [4.78, 5) is 19.2. The Hall–Kier alpha value is -3.34. The van der Waals surface area contributed by atoms with E-state index in [9.17, 15) is 4.79 Å². The Morgan fingerprint density at radius 1 is 1.08 bits per heavy atom. The third-order valence-corrected chi connectivity index (χ3v) is 4.49. The first kappa shape index (κ1) is 16.1. The number of hydrogen-bond acceptors (Lipinski definition) is 4. The number of aryl methyl sites for hydroxylation is 1. The van der Waals surface area contributed by atoms with Crippen molar-refractivity contribution in [3.63, 3.8) is 0 Å². The molecule has 0 saturated carbocycles. The van der Waals surface area contributed by atoms with Crippen molar-refractivity contribution in [2.24, 2.45) is 0 Å². The van der Waals surface area contributed by atoms with E-state index >= 15 is 0 Å². The number of carbonyl (C=O) groups is 1. The fourth-order valence-corrected chi connectivity index (χ4v) is 3.15. The molecule has 4 rings (SSSR count). The molecule has 0 aliphatic carbocycles. The molecule has 3 aromatic rings. The Kier molecular flexibility index (Phi) is 4.05. The molecule has 5 nitrogen and oxygen atoms in total. The number of carbonyl (C=O) groups excluding carboxylic acids is 1. The van der Waals surface area contributed by atoms with Gasteiger partial charge in [-0.05, 0) is 43.3 Å². The Balaban J connectivity index is 1.77. The molecule has 130 valence electrons. The van der Waals surface area contributed by atoms with Crippen LogP contribution in [-0.2, 0) is 0 Å². The summed E-state index contributed by atoms with van der Waals surface area (Å²) in [6.45, 7) is 2.04. The highest BCUT2D eigenvalue weighted by molar-refractivity contribution is 6.11. The zero-order valence-corrected chi connectivity index (χ0v) is 14.6. The van der Waals surface area contributed by atoms with Gasteiger partial charge in [-0.2, -0.15) is 0 Å². The number of ether oxygens (including phenoxy) is 1. The third-order valence-electron chi connectivity index (χ3n) is 4.49. The largest absolute Gasteiger partial charge is 0.497 e. The van der Waals surface area contributed by atoms with Crippen molar-refractivity contribution in [2.45, 2.75) is 13.1 Å². The third kappa shape index (κ3) is 2.77. The van der Waals surface area contributed by atoms with Crippen LogP contribution in [0.4, 0.5) is 11.4 Å². The van der Waals surface area contributed by atoms with E-state index in [4.69, 9.17) is 4.74 Å². The van der Waals surface area contributed by atoms with Crippen molar-refractivity contribution in [3.8, 4) is 5.75 Å². The lowest BCUT2D eigenvalue weighted by molar-refractivity contribution is 0.0993. The zero-order valence-electron chi connectivity index (χ0n) is 14.6. The zero-order chi connectivity index (χ0) is 18.1. The molecule has 0 spiro atoms. The van der Waals surface area contributed by atoms with Gasteiger partial charge in [-0.3, -0.25) is 14.7 Å². The van der Waals surface area contributed by atoms with Crippen LogP contribution < -0.4 is 15.0 Å². The molecule has 1 amide bonds. The Bertz CT molecular complexity index is 953. The molecule has 2 heterocycles. The Morgan fingerprint density at radius 2 is 1.88 bits per heavy atom. The minimum atomic E-state index is -0.381. The topological polar surface area (TPSA) is 54.5 Å². The van der Waals surface area contributed by atoms with Crippen LogP contribution in [0, 0.1) is 6.92 Å². The van der Waals surface area contributed by atoms with Crippen LogP contribution in [0.3, 0.4) is 0 Å². The lowest BCUT2D eigenvalue weighted by Gasteiger charge is -2.27. The highest BCUT2D eigenvalue weighted by Crippen LogP contribution is 2.37. The number of rotatable bonds is 4. The van der Waals surface area contributed by atoms with Gasteiger partial charge in [0.25, 0.3) is 5.91 Å². The van der Waals surface area contributed by atoms with Crippen molar-refractivity contribution >= 4 is 17.3 Å². The standard InChI is InChI=1S/C21H19N3O2/c1-14-8-10-15(11-9-14)23-20-19-18(7-4-12-22-19)21(25)24(20)16-5-3-6-17(13-16)26-2/h3-13,20,23H,1-2H3/t20-/m0/s1. The first-order valence-electron chi connectivity index (χ1n) is 8.43. The van der Waals surface area contributed by atoms with Crippen LogP contribution in [0.1, 0.15) is 27.8 Å². The summed E-state index contributed by atoms with van der Waals surface area (Å²) in [7, 11) is 1.61. The van der Waals surface area contributed by atoms with Crippen molar-refractivity contribution < 1.29 is 9.53 Å². The van der Waals surface area contributed by atoms with Crippen LogP contribution >= 0.6 is 0 Å². The minimum Gasteiger partial charge on any atom is -0.497 e. The van der Waals surface area contributed by atoms with Crippen molar-refractivity contribution in [1.29, 1.82) is 0 Å². The highest BCUT2D eigenvalue weighted by Gasteiger charge is 2.39. The molecule has 0 fully saturated rings. The maximum absolute atomic E-state index is 13.1. The summed E-state index contributed by atoms with van der Waals surface area (Å²) < 4.78 is 5.32. The maximum atomic E-state index is 13.1. The van der Waals surface area contributed by atoms with E-state index < -0.39 is 0 Å². The molecule has 5 heteroatoms. The second-order valence-electron chi connectivity index (χ2n) is 6.23. The predicted molar refractivity (Wildman–Crippen MR) is 102 cm³/mol. The second-order valence-corrected chi connectivity index (χ2v) is 6.23. The van der Waals surface area contributed by atoms with Gasteiger partial charge < -0.3 is 10.1 Å². The smallest absolute Gasteiger partial charge is 0.262 e. The Morgan fingerprint density at radius 3 is 2.65 bits per heavy atom. The van der Waals surface area contributed by atoms with Crippen LogP contribution in [0.2, 0.25) is 0 Å². The lowest BCUT2D eigenvalue weighted by atomic mass is 10.2.